The molecule has 6 heteroatoms. The Morgan fingerprint density at radius 2 is 2.22 bits per heavy atom. The normalized spacial score (nSPS) is 10.3. The number of hydrogen-bond donors (Lipinski definition) is 2. The predicted octanol–water partition coefficient (Wildman–Crippen LogP) is 0.609. The van der Waals surface area contributed by atoms with Crippen LogP contribution < -0.4 is 11.3 Å². The summed E-state index contributed by atoms with van der Waals surface area (Å²) in [5, 5.41) is 11.6. The van der Waals surface area contributed by atoms with Crippen molar-refractivity contribution in [1.29, 1.82) is 5.41 Å². The second-order valence-electron chi connectivity index (χ2n) is 3.69. The lowest BCUT2D eigenvalue weighted by Crippen LogP contribution is -2.31. The average molecular weight is 243 g/mol. The van der Waals surface area contributed by atoms with E-state index in [1.165, 1.54) is 10.7 Å². The third kappa shape index (κ3) is 2.13. The van der Waals surface area contributed by atoms with Gasteiger partial charge in [-0.2, -0.15) is 5.10 Å². The number of nitrogen functional groups attached to an aromatic ring is 1. The van der Waals surface area contributed by atoms with Gasteiger partial charge in [0.15, 0.2) is 0 Å². The van der Waals surface area contributed by atoms with E-state index >= 15 is 0 Å². The van der Waals surface area contributed by atoms with Crippen molar-refractivity contribution in [2.75, 3.05) is 0 Å². The molecule has 18 heavy (non-hydrogen) atoms. The van der Waals surface area contributed by atoms with Gasteiger partial charge in [-0.05, 0) is 25.1 Å². The number of rotatable bonds is 3. The van der Waals surface area contributed by atoms with Crippen molar-refractivity contribution in [3.63, 3.8) is 0 Å². The highest BCUT2D eigenvalue weighted by Gasteiger charge is 2.11. The maximum absolute atomic E-state index is 11.9. The van der Waals surface area contributed by atoms with Crippen molar-refractivity contribution < 1.29 is 0 Å². The molecule has 0 aliphatic carbocycles. The molecule has 0 aliphatic heterocycles. The molecule has 92 valence electrons. The minimum atomic E-state index is -0.357. The zero-order valence-electron chi connectivity index (χ0n) is 9.92. The van der Waals surface area contributed by atoms with Gasteiger partial charge in [0.2, 0.25) is 0 Å². The summed E-state index contributed by atoms with van der Waals surface area (Å²) in [5.41, 5.74) is 6.37. The number of nitrogens with one attached hydrogen (secondary N) is 1. The number of hydrogen-bond acceptors (Lipinski definition) is 4. The molecule has 0 aromatic carbocycles. The van der Waals surface area contributed by atoms with Crippen LogP contribution in [0.5, 0.6) is 0 Å². The monoisotopic (exact) mass is 243 g/mol. The first kappa shape index (κ1) is 12.0. The van der Waals surface area contributed by atoms with Gasteiger partial charge < -0.3 is 5.73 Å². The van der Waals surface area contributed by atoms with Crippen LogP contribution in [0.4, 0.5) is 0 Å². The summed E-state index contributed by atoms with van der Waals surface area (Å²) in [7, 11) is 0. The number of nitrogens with two attached hydrogens (primary N) is 1. The summed E-state index contributed by atoms with van der Waals surface area (Å²) >= 11 is 0. The molecule has 0 saturated carbocycles. The molecule has 3 N–H and O–H groups in total. The molecule has 2 rings (SSSR count). The fraction of sp³-hybridized carbons (Fsp3) is 0.167. The Balaban J connectivity index is 2.67. The van der Waals surface area contributed by atoms with E-state index in [9.17, 15) is 4.79 Å². The summed E-state index contributed by atoms with van der Waals surface area (Å²) in [6.07, 6.45) is 1.64. The van der Waals surface area contributed by atoms with E-state index in [2.05, 4.69) is 10.1 Å². The van der Waals surface area contributed by atoms with Gasteiger partial charge in [0.1, 0.15) is 11.5 Å². The Kier molecular flexibility index (Phi) is 3.18. The zero-order valence-corrected chi connectivity index (χ0v) is 9.92. The first-order valence-electron chi connectivity index (χ1n) is 5.51. The summed E-state index contributed by atoms with van der Waals surface area (Å²) in [6.45, 7) is 2.22. The molecular formula is C12H13N5O. The third-order valence-electron chi connectivity index (χ3n) is 2.49. The molecule has 0 unspecified atom stereocenters. The fourth-order valence-electron chi connectivity index (χ4n) is 1.59. The van der Waals surface area contributed by atoms with Gasteiger partial charge in [-0.15, -0.1) is 0 Å². The SMILES string of the molecule is CCn1nc(-c2ccccn2)cc(C(=N)N)c1=O. The summed E-state index contributed by atoms with van der Waals surface area (Å²) in [5.74, 6) is -0.262. The molecule has 2 heterocycles. The molecular weight excluding hydrogens is 230 g/mol. The van der Waals surface area contributed by atoms with Gasteiger partial charge in [-0.3, -0.25) is 15.2 Å². The van der Waals surface area contributed by atoms with Gasteiger partial charge in [0.05, 0.1) is 11.3 Å². The highest BCUT2D eigenvalue weighted by molar-refractivity contribution is 5.95. The molecule has 2 aromatic heterocycles. The zero-order chi connectivity index (χ0) is 13.1. The first-order valence-corrected chi connectivity index (χ1v) is 5.51. The van der Waals surface area contributed by atoms with Gasteiger partial charge in [0, 0.05) is 12.7 Å². The van der Waals surface area contributed by atoms with Crippen molar-refractivity contribution in [3.05, 3.63) is 46.4 Å². The second-order valence-corrected chi connectivity index (χ2v) is 3.69. The molecule has 0 aliphatic rings. The minimum Gasteiger partial charge on any atom is -0.384 e. The minimum absolute atomic E-state index is 0.146. The lowest BCUT2D eigenvalue weighted by Gasteiger charge is -2.07. The van der Waals surface area contributed by atoms with Crippen LogP contribution in [0.15, 0.2) is 35.3 Å². The fourth-order valence-corrected chi connectivity index (χ4v) is 1.59. The average Bonchev–Trinajstić information content (AvgIpc) is 2.39. The Labute approximate surface area is 104 Å². The van der Waals surface area contributed by atoms with Crippen LogP contribution in [0.1, 0.15) is 12.5 Å². The van der Waals surface area contributed by atoms with Crippen molar-refractivity contribution in [1.82, 2.24) is 14.8 Å². The van der Waals surface area contributed by atoms with Crippen LogP contribution in [0.25, 0.3) is 11.4 Å². The van der Waals surface area contributed by atoms with Crippen LogP contribution in [0.3, 0.4) is 0 Å². The maximum atomic E-state index is 11.9. The molecule has 2 aromatic rings. The largest absolute Gasteiger partial charge is 0.384 e. The topological polar surface area (TPSA) is 97.7 Å². The quantitative estimate of drug-likeness (QED) is 0.609. The van der Waals surface area contributed by atoms with E-state index in [1.807, 2.05) is 6.07 Å². The standard InChI is InChI=1S/C12H13N5O/c1-2-17-12(18)8(11(13)14)7-10(16-17)9-5-3-4-6-15-9/h3-7H,2H2,1H3,(H3,13,14). The van der Waals surface area contributed by atoms with Crippen LogP contribution in [-0.4, -0.2) is 20.6 Å². The predicted molar refractivity (Wildman–Crippen MR) is 68.4 cm³/mol. The molecule has 0 bridgehead atoms. The summed E-state index contributed by atoms with van der Waals surface area (Å²) in [6, 6.07) is 6.92. The van der Waals surface area contributed by atoms with Gasteiger partial charge >= 0.3 is 0 Å². The molecule has 0 atom stereocenters. The highest BCUT2D eigenvalue weighted by Crippen LogP contribution is 2.12. The Bertz CT molecular complexity index is 633. The van der Waals surface area contributed by atoms with Crippen molar-refractivity contribution in [3.8, 4) is 11.4 Å². The van der Waals surface area contributed by atoms with E-state index in [-0.39, 0.29) is 17.0 Å². The number of amidine groups is 1. The lowest BCUT2D eigenvalue weighted by atomic mass is 10.2. The number of aryl methyl sites for hydroxylation is 1. The highest BCUT2D eigenvalue weighted by atomic mass is 16.1. The van der Waals surface area contributed by atoms with E-state index in [1.54, 1.807) is 25.3 Å². The van der Waals surface area contributed by atoms with Crippen LogP contribution in [-0.2, 0) is 6.54 Å². The maximum Gasteiger partial charge on any atom is 0.277 e. The summed E-state index contributed by atoms with van der Waals surface area (Å²) in [4.78, 5) is 16.0. The van der Waals surface area contributed by atoms with Crippen molar-refractivity contribution in [2.45, 2.75) is 13.5 Å². The van der Waals surface area contributed by atoms with E-state index < -0.39 is 0 Å². The smallest absolute Gasteiger partial charge is 0.277 e. The van der Waals surface area contributed by atoms with Crippen molar-refractivity contribution >= 4 is 5.84 Å². The Morgan fingerprint density at radius 1 is 1.44 bits per heavy atom. The van der Waals surface area contributed by atoms with Gasteiger partial charge in [0.25, 0.3) is 5.56 Å². The molecule has 0 amide bonds. The van der Waals surface area contributed by atoms with Crippen LogP contribution >= 0.6 is 0 Å². The van der Waals surface area contributed by atoms with Crippen LogP contribution in [0.2, 0.25) is 0 Å². The Hall–Kier alpha value is -2.50. The van der Waals surface area contributed by atoms with E-state index in [0.29, 0.717) is 17.9 Å². The van der Waals surface area contributed by atoms with E-state index in [4.69, 9.17) is 11.1 Å². The van der Waals surface area contributed by atoms with Crippen molar-refractivity contribution in [2.24, 2.45) is 5.73 Å². The second kappa shape index (κ2) is 4.79. The molecule has 0 saturated heterocycles. The van der Waals surface area contributed by atoms with Gasteiger partial charge in [-0.25, -0.2) is 4.68 Å². The summed E-state index contributed by atoms with van der Waals surface area (Å²) < 4.78 is 1.28. The van der Waals surface area contributed by atoms with Crippen LogP contribution in [0, 0.1) is 5.41 Å². The molecule has 0 radical (unpaired) electrons. The van der Waals surface area contributed by atoms with Gasteiger partial charge in [-0.1, -0.05) is 6.07 Å². The molecule has 0 spiro atoms. The number of aromatic nitrogens is 3. The molecule has 6 nitrogen and oxygen atoms in total. The first-order chi connectivity index (χ1) is 8.63. The number of pyridine rings is 1. The number of nitrogens with zero attached hydrogens (tertiary/aromatic N) is 3. The molecule has 0 fully saturated rings. The third-order valence-corrected chi connectivity index (χ3v) is 2.49. The van der Waals surface area contributed by atoms with E-state index in [0.717, 1.165) is 0 Å². The Morgan fingerprint density at radius 3 is 2.78 bits per heavy atom. The lowest BCUT2D eigenvalue weighted by molar-refractivity contribution is 0.617.